The number of methoxy groups -OCH3 is 2. The molecule has 0 unspecified atom stereocenters. The van der Waals surface area contributed by atoms with E-state index >= 15 is 0 Å². The minimum Gasteiger partial charge on any atom is -0.497 e. The number of amides is 1. The molecule has 1 fully saturated rings. The van der Waals surface area contributed by atoms with Crippen LogP contribution in [0.15, 0.2) is 53.4 Å². The van der Waals surface area contributed by atoms with Gasteiger partial charge in [-0.25, -0.2) is 0 Å². The molecule has 1 heterocycles. The molecule has 1 aliphatic heterocycles. The molecule has 1 aliphatic rings. The van der Waals surface area contributed by atoms with E-state index in [1.54, 1.807) is 44.6 Å². The molecule has 1 amide bonds. The number of ether oxygens (including phenoxy) is 2. The smallest absolute Gasteiger partial charge is 0.271 e. The number of carbonyl (C=O) groups is 1. The zero-order valence-corrected chi connectivity index (χ0v) is 14.1. The predicted octanol–water partition coefficient (Wildman–Crippen LogP) is 3.76. The van der Waals surface area contributed by atoms with Crippen molar-refractivity contribution >= 4 is 34.6 Å². The predicted molar refractivity (Wildman–Crippen MR) is 96.8 cm³/mol. The van der Waals surface area contributed by atoms with Gasteiger partial charge < -0.3 is 9.47 Å². The van der Waals surface area contributed by atoms with Gasteiger partial charge >= 0.3 is 0 Å². The highest BCUT2D eigenvalue weighted by atomic mass is 32.2. The molecule has 6 heteroatoms. The molecule has 0 radical (unpaired) electrons. The Kier molecular flexibility index (Phi) is 4.57. The lowest BCUT2D eigenvalue weighted by molar-refractivity contribution is -0.113. The van der Waals surface area contributed by atoms with Crippen LogP contribution in [0.3, 0.4) is 0 Å². The van der Waals surface area contributed by atoms with Gasteiger partial charge in [-0.05, 0) is 59.8 Å². The summed E-state index contributed by atoms with van der Waals surface area (Å²) in [6.45, 7) is 0. The summed E-state index contributed by atoms with van der Waals surface area (Å²) in [5, 5.41) is 8.29. The summed E-state index contributed by atoms with van der Waals surface area (Å²) in [5.74, 6) is 1.26. The second kappa shape index (κ2) is 6.80. The minimum atomic E-state index is -0.203. The van der Waals surface area contributed by atoms with E-state index in [-0.39, 0.29) is 11.1 Å². The Morgan fingerprint density at radius 2 is 1.50 bits per heavy atom. The number of nitrogens with zero attached hydrogens (tertiary/aromatic N) is 1. The Morgan fingerprint density at radius 1 is 0.958 bits per heavy atom. The van der Waals surface area contributed by atoms with Crippen LogP contribution in [0, 0.1) is 5.41 Å². The molecule has 1 saturated heterocycles. The van der Waals surface area contributed by atoms with Gasteiger partial charge in [0.2, 0.25) is 0 Å². The molecular weight excluding hydrogens is 324 g/mol. The Labute approximate surface area is 144 Å². The van der Waals surface area contributed by atoms with E-state index in [4.69, 9.17) is 14.9 Å². The number of benzene rings is 2. The molecule has 24 heavy (non-hydrogen) atoms. The second-order valence-electron chi connectivity index (χ2n) is 5.03. The van der Waals surface area contributed by atoms with Crippen LogP contribution < -0.4 is 14.4 Å². The third kappa shape index (κ3) is 3.14. The average Bonchev–Trinajstić information content (AvgIpc) is 2.89. The third-order valence-electron chi connectivity index (χ3n) is 3.57. The van der Waals surface area contributed by atoms with Gasteiger partial charge in [0.05, 0.1) is 24.8 Å². The van der Waals surface area contributed by atoms with Gasteiger partial charge in [-0.2, -0.15) is 0 Å². The molecule has 0 saturated carbocycles. The molecule has 122 valence electrons. The number of hydrogen-bond acceptors (Lipinski definition) is 5. The van der Waals surface area contributed by atoms with Crippen molar-refractivity contribution in [2.45, 2.75) is 0 Å². The standard InChI is InChI=1S/C18H16N2O3S/c1-22-14-7-3-12(4-8-14)11-16-17(21)20(18(19)24-16)13-5-9-15(23-2)10-6-13/h3-11,19H,1-2H3/b16-11+,19-18?. The van der Waals surface area contributed by atoms with E-state index in [1.165, 1.54) is 4.90 Å². The van der Waals surface area contributed by atoms with E-state index in [9.17, 15) is 4.79 Å². The molecule has 5 nitrogen and oxygen atoms in total. The molecule has 1 N–H and O–H groups in total. The summed E-state index contributed by atoms with van der Waals surface area (Å²) in [5.41, 5.74) is 1.53. The summed E-state index contributed by atoms with van der Waals surface area (Å²) in [7, 11) is 3.20. The summed E-state index contributed by atoms with van der Waals surface area (Å²) >= 11 is 1.15. The molecule has 2 aromatic rings. The monoisotopic (exact) mass is 340 g/mol. The number of hydrogen-bond donors (Lipinski definition) is 1. The third-order valence-corrected chi connectivity index (χ3v) is 4.46. The van der Waals surface area contributed by atoms with E-state index in [0.717, 1.165) is 23.1 Å². The molecule has 0 aromatic heterocycles. The number of rotatable bonds is 4. The number of thioether (sulfide) groups is 1. The van der Waals surface area contributed by atoms with Gasteiger partial charge in [0.25, 0.3) is 5.91 Å². The van der Waals surface area contributed by atoms with Crippen molar-refractivity contribution in [1.29, 1.82) is 5.41 Å². The van der Waals surface area contributed by atoms with Crippen molar-refractivity contribution in [3.63, 3.8) is 0 Å². The Hall–Kier alpha value is -2.73. The van der Waals surface area contributed by atoms with E-state index in [0.29, 0.717) is 16.3 Å². The molecule has 0 aliphatic carbocycles. The zero-order chi connectivity index (χ0) is 17.1. The van der Waals surface area contributed by atoms with E-state index < -0.39 is 0 Å². The van der Waals surface area contributed by atoms with Crippen molar-refractivity contribution in [1.82, 2.24) is 0 Å². The van der Waals surface area contributed by atoms with Gasteiger partial charge in [-0.1, -0.05) is 12.1 Å². The highest BCUT2D eigenvalue weighted by Crippen LogP contribution is 2.35. The maximum Gasteiger partial charge on any atom is 0.271 e. The fraction of sp³-hybridized carbons (Fsp3) is 0.111. The van der Waals surface area contributed by atoms with Crippen LogP contribution in [-0.2, 0) is 4.79 Å². The highest BCUT2D eigenvalue weighted by molar-refractivity contribution is 8.19. The Balaban J connectivity index is 1.85. The first kappa shape index (κ1) is 16.1. The number of anilines is 1. The Bertz CT molecular complexity index is 798. The molecule has 3 rings (SSSR count). The van der Waals surface area contributed by atoms with Crippen LogP contribution in [0.1, 0.15) is 5.56 Å². The van der Waals surface area contributed by atoms with Gasteiger partial charge in [0.15, 0.2) is 5.17 Å². The van der Waals surface area contributed by atoms with Crippen LogP contribution in [-0.4, -0.2) is 25.3 Å². The summed E-state index contributed by atoms with van der Waals surface area (Å²) < 4.78 is 10.2. The van der Waals surface area contributed by atoms with Crippen molar-refractivity contribution in [3.05, 3.63) is 59.0 Å². The molecule has 0 spiro atoms. The summed E-state index contributed by atoms with van der Waals surface area (Å²) in [6.07, 6.45) is 1.78. The zero-order valence-electron chi connectivity index (χ0n) is 13.3. The first-order chi connectivity index (χ1) is 11.6. The molecule has 2 aromatic carbocycles. The van der Waals surface area contributed by atoms with Gasteiger partial charge in [-0.3, -0.25) is 15.1 Å². The maximum atomic E-state index is 12.6. The van der Waals surface area contributed by atoms with Crippen LogP contribution >= 0.6 is 11.8 Å². The van der Waals surface area contributed by atoms with Gasteiger partial charge in [0.1, 0.15) is 11.5 Å². The van der Waals surface area contributed by atoms with Crippen LogP contribution in [0.4, 0.5) is 5.69 Å². The van der Waals surface area contributed by atoms with Gasteiger partial charge in [0, 0.05) is 0 Å². The SMILES string of the molecule is COc1ccc(/C=C2/SC(=N)N(c3ccc(OC)cc3)C2=O)cc1. The molecule has 0 atom stereocenters. The largest absolute Gasteiger partial charge is 0.497 e. The van der Waals surface area contributed by atoms with Crippen molar-refractivity contribution < 1.29 is 14.3 Å². The number of nitrogens with one attached hydrogen (secondary N) is 1. The molecular formula is C18H16N2O3S. The quantitative estimate of drug-likeness (QED) is 0.861. The maximum absolute atomic E-state index is 12.6. The Morgan fingerprint density at radius 3 is 2.04 bits per heavy atom. The van der Waals surface area contributed by atoms with Crippen LogP contribution in [0.5, 0.6) is 11.5 Å². The van der Waals surface area contributed by atoms with Crippen molar-refractivity contribution in [2.75, 3.05) is 19.1 Å². The topological polar surface area (TPSA) is 62.6 Å². The first-order valence-corrected chi connectivity index (χ1v) is 8.04. The van der Waals surface area contributed by atoms with Crippen molar-refractivity contribution in [2.24, 2.45) is 0 Å². The average molecular weight is 340 g/mol. The lowest BCUT2D eigenvalue weighted by atomic mass is 10.2. The lowest BCUT2D eigenvalue weighted by Crippen LogP contribution is -2.27. The van der Waals surface area contributed by atoms with Crippen LogP contribution in [0.2, 0.25) is 0 Å². The fourth-order valence-electron chi connectivity index (χ4n) is 2.30. The minimum absolute atomic E-state index is 0.185. The number of amidine groups is 1. The summed E-state index contributed by atoms with van der Waals surface area (Å²) in [6, 6.07) is 14.5. The molecule has 0 bridgehead atoms. The van der Waals surface area contributed by atoms with Crippen LogP contribution in [0.25, 0.3) is 6.08 Å². The fourth-order valence-corrected chi connectivity index (χ4v) is 3.17. The lowest BCUT2D eigenvalue weighted by Gasteiger charge is -2.14. The van der Waals surface area contributed by atoms with E-state index in [1.807, 2.05) is 24.3 Å². The summed E-state index contributed by atoms with van der Waals surface area (Å²) in [4.78, 5) is 14.5. The second-order valence-corrected chi connectivity index (χ2v) is 6.06. The normalized spacial score (nSPS) is 15.9. The number of carbonyl (C=O) groups excluding carboxylic acids is 1. The van der Waals surface area contributed by atoms with Gasteiger partial charge in [-0.15, -0.1) is 0 Å². The first-order valence-electron chi connectivity index (χ1n) is 7.23. The van der Waals surface area contributed by atoms with Crippen molar-refractivity contribution in [3.8, 4) is 11.5 Å². The van der Waals surface area contributed by atoms with E-state index in [2.05, 4.69) is 0 Å². The highest BCUT2D eigenvalue weighted by Gasteiger charge is 2.33.